The summed E-state index contributed by atoms with van der Waals surface area (Å²) in [6.07, 6.45) is 1.62. The minimum Gasteiger partial charge on any atom is -0.336 e. The molecule has 0 spiro atoms. The molecule has 1 aromatic heterocycles. The van der Waals surface area contributed by atoms with Crippen LogP contribution in [0.3, 0.4) is 0 Å². The van der Waals surface area contributed by atoms with E-state index in [1.54, 1.807) is 11.1 Å². The van der Waals surface area contributed by atoms with E-state index in [-0.39, 0.29) is 12.5 Å². The summed E-state index contributed by atoms with van der Waals surface area (Å²) >= 11 is 12.8. The number of aliphatic imine (C=N–C) groups is 1. The lowest BCUT2D eigenvalue weighted by Gasteiger charge is -2.19. The quantitative estimate of drug-likeness (QED) is 0.208. The molecule has 0 amide bonds. The fourth-order valence-electron chi connectivity index (χ4n) is 1.17. The number of nitro groups is 1. The third kappa shape index (κ3) is 4.45. The first-order chi connectivity index (χ1) is 8.06. The lowest BCUT2D eigenvalue weighted by atomic mass is 10.4. The molecular weight excluding hydrogens is 287 g/mol. The highest BCUT2D eigenvalue weighted by molar-refractivity contribution is 7.15. The van der Waals surface area contributed by atoms with Gasteiger partial charge in [-0.25, -0.2) is 4.98 Å². The van der Waals surface area contributed by atoms with Gasteiger partial charge in [-0.2, -0.15) is 0 Å². The average Bonchev–Trinajstić information content (AvgIpc) is 2.68. The normalized spacial score (nSPS) is 11.6. The summed E-state index contributed by atoms with van der Waals surface area (Å²) in [5.41, 5.74) is 0. The second-order valence-corrected chi connectivity index (χ2v) is 4.96. The summed E-state index contributed by atoms with van der Waals surface area (Å²) in [7, 11) is 1.50. The standard InChI is InChI=1S/C8H10Cl2N4O2S/c1-11-7(4-14(15)16)13(5-9)3-6-2-12-8(10)17-6/h2H,3-5H2,1H3. The number of hydrogen-bond acceptors (Lipinski definition) is 5. The molecule has 0 fully saturated rings. The molecule has 0 aliphatic carbocycles. The number of thiazole rings is 1. The van der Waals surface area contributed by atoms with Gasteiger partial charge in [0.15, 0.2) is 10.3 Å². The maximum absolute atomic E-state index is 10.5. The molecule has 0 aromatic carbocycles. The molecule has 0 N–H and O–H groups in total. The molecule has 1 rings (SSSR count). The van der Waals surface area contributed by atoms with Gasteiger partial charge >= 0.3 is 0 Å². The van der Waals surface area contributed by atoms with Gasteiger partial charge in [-0.15, -0.1) is 22.9 Å². The van der Waals surface area contributed by atoms with E-state index >= 15 is 0 Å². The zero-order valence-electron chi connectivity index (χ0n) is 8.97. The summed E-state index contributed by atoms with van der Waals surface area (Å²) in [5, 5.41) is 10.5. The molecule has 0 saturated carbocycles. The van der Waals surface area contributed by atoms with E-state index < -0.39 is 4.92 Å². The van der Waals surface area contributed by atoms with Crippen LogP contribution in [-0.4, -0.2) is 40.2 Å². The Balaban J connectivity index is 2.73. The lowest BCUT2D eigenvalue weighted by Crippen LogP contribution is -2.34. The van der Waals surface area contributed by atoms with Gasteiger partial charge in [0.25, 0.3) is 6.54 Å². The summed E-state index contributed by atoms with van der Waals surface area (Å²) < 4.78 is 0.429. The third-order valence-electron chi connectivity index (χ3n) is 1.91. The fraction of sp³-hybridized carbons (Fsp3) is 0.500. The number of hydrogen-bond donors (Lipinski definition) is 0. The summed E-state index contributed by atoms with van der Waals surface area (Å²) in [4.78, 5) is 20.3. The largest absolute Gasteiger partial charge is 0.336 e. The van der Waals surface area contributed by atoms with Crippen LogP contribution in [0.15, 0.2) is 11.2 Å². The third-order valence-corrected chi connectivity index (χ3v) is 3.30. The highest BCUT2D eigenvalue weighted by Gasteiger charge is 2.16. The summed E-state index contributed by atoms with van der Waals surface area (Å²) in [5.74, 6) is 0.328. The highest BCUT2D eigenvalue weighted by atomic mass is 35.5. The second-order valence-electron chi connectivity index (χ2n) is 3.03. The molecule has 0 bridgehead atoms. The average molecular weight is 297 g/mol. The Kier molecular flexibility index (Phi) is 5.60. The van der Waals surface area contributed by atoms with E-state index in [0.29, 0.717) is 16.8 Å². The van der Waals surface area contributed by atoms with Gasteiger partial charge in [0, 0.05) is 23.0 Å². The predicted octanol–water partition coefficient (Wildman–Crippen LogP) is 2.10. The van der Waals surface area contributed by atoms with Crippen molar-refractivity contribution in [2.45, 2.75) is 6.54 Å². The van der Waals surface area contributed by atoms with E-state index in [1.165, 1.54) is 18.4 Å². The molecule has 9 heteroatoms. The Morgan fingerprint density at radius 1 is 1.76 bits per heavy atom. The molecule has 17 heavy (non-hydrogen) atoms. The molecule has 0 atom stereocenters. The molecular formula is C8H10Cl2N4O2S. The van der Waals surface area contributed by atoms with Gasteiger partial charge in [-0.1, -0.05) is 11.6 Å². The van der Waals surface area contributed by atoms with Crippen LogP contribution in [0.25, 0.3) is 0 Å². The molecule has 94 valence electrons. The van der Waals surface area contributed by atoms with E-state index in [1.807, 2.05) is 0 Å². The van der Waals surface area contributed by atoms with E-state index in [2.05, 4.69) is 9.98 Å². The highest BCUT2D eigenvalue weighted by Crippen LogP contribution is 2.19. The first-order valence-corrected chi connectivity index (χ1v) is 6.28. The van der Waals surface area contributed by atoms with Gasteiger partial charge in [0.1, 0.15) is 0 Å². The van der Waals surface area contributed by atoms with Crippen molar-refractivity contribution in [2.24, 2.45) is 4.99 Å². The minimum absolute atomic E-state index is 0.121. The number of nitrogens with zero attached hydrogens (tertiary/aromatic N) is 4. The van der Waals surface area contributed by atoms with Crippen molar-refractivity contribution in [2.75, 3.05) is 19.6 Å². The Labute approximate surface area is 112 Å². The SMILES string of the molecule is CN=C(C[N+](=O)[O-])N(CCl)Cc1cnc(Cl)s1. The fourth-order valence-corrected chi connectivity index (χ4v) is 2.39. The topological polar surface area (TPSA) is 71.6 Å². The van der Waals surface area contributed by atoms with Crippen molar-refractivity contribution in [3.05, 3.63) is 25.7 Å². The molecule has 0 aliphatic rings. The molecule has 1 aromatic rings. The maximum Gasteiger partial charge on any atom is 0.260 e. The van der Waals surface area contributed by atoms with Crippen LogP contribution >= 0.6 is 34.5 Å². The Morgan fingerprint density at radius 3 is 2.88 bits per heavy atom. The molecule has 1 heterocycles. The van der Waals surface area contributed by atoms with Crippen molar-refractivity contribution >= 4 is 40.4 Å². The molecule has 6 nitrogen and oxygen atoms in total. The van der Waals surface area contributed by atoms with E-state index in [0.717, 1.165) is 4.88 Å². The van der Waals surface area contributed by atoms with Crippen LogP contribution in [0.1, 0.15) is 4.88 Å². The van der Waals surface area contributed by atoms with Crippen LogP contribution in [0.5, 0.6) is 0 Å². The van der Waals surface area contributed by atoms with Crippen LogP contribution in [0.2, 0.25) is 4.47 Å². The van der Waals surface area contributed by atoms with E-state index in [4.69, 9.17) is 23.2 Å². The molecule has 0 unspecified atom stereocenters. The molecule has 0 aliphatic heterocycles. The van der Waals surface area contributed by atoms with Gasteiger partial charge in [-0.3, -0.25) is 15.1 Å². The summed E-state index contributed by atoms with van der Waals surface area (Å²) in [6.45, 7) is 0.0597. The maximum atomic E-state index is 10.5. The first kappa shape index (κ1) is 14.1. The Hall–Kier alpha value is -0.920. The monoisotopic (exact) mass is 296 g/mol. The van der Waals surface area contributed by atoms with Crippen molar-refractivity contribution in [1.29, 1.82) is 0 Å². The summed E-state index contributed by atoms with van der Waals surface area (Å²) in [6, 6.07) is 0.121. The minimum atomic E-state index is -0.443. The van der Waals surface area contributed by atoms with Crippen molar-refractivity contribution in [3.63, 3.8) is 0 Å². The van der Waals surface area contributed by atoms with Crippen LogP contribution in [-0.2, 0) is 6.54 Å². The lowest BCUT2D eigenvalue weighted by molar-refractivity contribution is -0.464. The van der Waals surface area contributed by atoms with Crippen LogP contribution < -0.4 is 0 Å². The first-order valence-electron chi connectivity index (χ1n) is 4.55. The smallest absolute Gasteiger partial charge is 0.260 e. The second kappa shape index (κ2) is 6.73. The van der Waals surface area contributed by atoms with Crippen molar-refractivity contribution in [3.8, 4) is 0 Å². The van der Waals surface area contributed by atoms with Gasteiger partial charge < -0.3 is 4.90 Å². The van der Waals surface area contributed by atoms with Crippen LogP contribution in [0.4, 0.5) is 0 Å². The zero-order chi connectivity index (χ0) is 12.8. The van der Waals surface area contributed by atoms with Crippen molar-refractivity contribution in [1.82, 2.24) is 9.88 Å². The number of amidine groups is 1. The van der Waals surface area contributed by atoms with Crippen LogP contribution in [0, 0.1) is 10.1 Å². The molecule has 0 saturated heterocycles. The van der Waals surface area contributed by atoms with Gasteiger partial charge in [0.05, 0.1) is 12.5 Å². The molecule has 0 radical (unpaired) electrons. The Morgan fingerprint density at radius 2 is 2.47 bits per heavy atom. The van der Waals surface area contributed by atoms with E-state index in [9.17, 15) is 10.1 Å². The number of aromatic nitrogens is 1. The zero-order valence-corrected chi connectivity index (χ0v) is 11.3. The number of rotatable bonds is 5. The Bertz CT molecular complexity index is 423. The van der Waals surface area contributed by atoms with Gasteiger partial charge in [0.2, 0.25) is 0 Å². The van der Waals surface area contributed by atoms with Crippen molar-refractivity contribution < 1.29 is 4.92 Å². The number of halogens is 2. The van der Waals surface area contributed by atoms with Gasteiger partial charge in [-0.05, 0) is 0 Å². The predicted molar refractivity (Wildman–Crippen MR) is 68.6 cm³/mol. The number of alkyl halides is 1.